The first kappa shape index (κ1) is 27.0. The van der Waals surface area contributed by atoms with Gasteiger partial charge in [0.1, 0.15) is 27.7 Å². The number of carbonyl (C=O) groups excluding carboxylic acids is 2. The van der Waals surface area contributed by atoms with E-state index in [-0.39, 0.29) is 38.6 Å². The minimum absolute atomic E-state index is 0.0118. The molecule has 0 radical (unpaired) electrons. The average Bonchev–Trinajstić information content (AvgIpc) is 3.63. The lowest BCUT2D eigenvalue weighted by Crippen LogP contribution is -2.64. The van der Waals surface area contributed by atoms with Crippen LogP contribution in [0.5, 0.6) is 5.75 Å². The first-order valence-corrected chi connectivity index (χ1v) is 13.1. The van der Waals surface area contributed by atoms with Crippen molar-refractivity contribution in [1.82, 2.24) is 25.2 Å². The Morgan fingerprint density at radius 2 is 2.03 bits per heavy atom. The molecule has 0 aliphatic carbocycles. The number of anilines is 1. The number of nitrogens with one attached hydrogen (secondary N) is 1. The van der Waals surface area contributed by atoms with Gasteiger partial charge in [0.25, 0.3) is 5.91 Å². The zero-order chi connectivity index (χ0) is 27.9. The van der Waals surface area contributed by atoms with Crippen molar-refractivity contribution in [2.24, 2.45) is 0 Å². The lowest BCUT2D eigenvalue weighted by molar-refractivity contribution is -0.120. The number of aliphatic hydroxyl groups excluding tert-OH is 2. The standard InChI is InChI=1S/C25H29FN6O6S/c1-14-20-21(35)31(25(2)11-19(34)27-13-25)24(36)30(23(20)39-22(14)32-28-6-7-29-32)12-18(38-9-8-33)16-10-15(26)4-5-17(16)37-3/h4-7,10,18,24,33,36H,8-9,11-13H2,1-3H3,(H,27,34)/t18-,24?,25+/m0/s1. The third-order valence-electron chi connectivity index (χ3n) is 7.01. The van der Waals surface area contributed by atoms with Crippen molar-refractivity contribution in [2.45, 2.75) is 38.3 Å². The molecular weight excluding hydrogens is 531 g/mol. The molecule has 0 saturated carbocycles. The number of amides is 2. The molecule has 0 bridgehead atoms. The Balaban J connectivity index is 1.64. The second-order valence-corrected chi connectivity index (χ2v) is 10.6. The summed E-state index contributed by atoms with van der Waals surface area (Å²) in [5.41, 5.74) is 0.301. The van der Waals surface area contributed by atoms with Gasteiger partial charge in [-0.2, -0.15) is 10.2 Å². The van der Waals surface area contributed by atoms with Crippen LogP contribution in [0.1, 0.15) is 40.9 Å². The van der Waals surface area contributed by atoms with Crippen LogP contribution in [0, 0.1) is 12.7 Å². The topological polar surface area (TPSA) is 142 Å². The highest BCUT2D eigenvalue weighted by Gasteiger charge is 2.51. The van der Waals surface area contributed by atoms with Gasteiger partial charge in [-0.1, -0.05) is 11.3 Å². The zero-order valence-corrected chi connectivity index (χ0v) is 22.4. The number of methoxy groups -OCH3 is 1. The molecule has 1 saturated heterocycles. The van der Waals surface area contributed by atoms with Crippen LogP contribution in [-0.2, 0) is 9.53 Å². The van der Waals surface area contributed by atoms with Gasteiger partial charge in [0.2, 0.25) is 12.3 Å². The molecule has 2 aliphatic rings. The van der Waals surface area contributed by atoms with Crippen LogP contribution in [0.3, 0.4) is 0 Å². The minimum atomic E-state index is -1.49. The summed E-state index contributed by atoms with van der Waals surface area (Å²) in [5.74, 6) is -0.814. The van der Waals surface area contributed by atoms with Crippen LogP contribution >= 0.6 is 11.3 Å². The monoisotopic (exact) mass is 560 g/mol. The lowest BCUT2D eigenvalue weighted by Gasteiger charge is -2.48. The highest BCUT2D eigenvalue weighted by Crippen LogP contribution is 2.46. The summed E-state index contributed by atoms with van der Waals surface area (Å²) in [6.45, 7) is 3.28. The van der Waals surface area contributed by atoms with Gasteiger partial charge in [-0.15, -0.1) is 4.80 Å². The van der Waals surface area contributed by atoms with Gasteiger partial charge in [-0.3, -0.25) is 14.5 Å². The maximum Gasteiger partial charge on any atom is 0.261 e. The number of fused-ring (bicyclic) bond motifs is 1. The van der Waals surface area contributed by atoms with Crippen molar-refractivity contribution < 1.29 is 33.7 Å². The fourth-order valence-electron chi connectivity index (χ4n) is 5.12. The summed E-state index contributed by atoms with van der Waals surface area (Å²) in [6, 6.07) is 4.01. The van der Waals surface area contributed by atoms with Crippen molar-refractivity contribution >= 4 is 28.2 Å². The number of rotatable bonds is 9. The summed E-state index contributed by atoms with van der Waals surface area (Å²) in [4.78, 5) is 30.5. The maximum absolute atomic E-state index is 14.3. The van der Waals surface area contributed by atoms with Crippen molar-refractivity contribution in [3.63, 3.8) is 0 Å². The largest absolute Gasteiger partial charge is 0.496 e. The average molecular weight is 561 g/mol. The highest BCUT2D eigenvalue weighted by molar-refractivity contribution is 7.19. The van der Waals surface area contributed by atoms with Gasteiger partial charge in [0.15, 0.2) is 0 Å². The SMILES string of the molecule is COc1ccc(F)cc1[C@H](CN1c2sc(-n3nccn3)c(C)c2C(=O)N([C@@]2(C)CNC(=O)C2)C1O)OCCO. The van der Waals surface area contributed by atoms with Crippen molar-refractivity contribution in [3.8, 4) is 10.8 Å². The quantitative estimate of drug-likeness (QED) is 0.354. The number of halogens is 1. The maximum atomic E-state index is 14.3. The van der Waals surface area contributed by atoms with Crippen LogP contribution in [0.15, 0.2) is 30.6 Å². The number of nitrogens with zero attached hydrogens (tertiary/aromatic N) is 5. The summed E-state index contributed by atoms with van der Waals surface area (Å²) in [7, 11) is 1.45. The molecule has 208 valence electrons. The molecule has 39 heavy (non-hydrogen) atoms. The predicted octanol–water partition coefficient (Wildman–Crippen LogP) is 1.35. The fraction of sp³-hybridized carbons (Fsp3) is 0.440. The van der Waals surface area contributed by atoms with E-state index in [4.69, 9.17) is 9.47 Å². The fourth-order valence-corrected chi connectivity index (χ4v) is 6.37. The number of benzene rings is 1. The molecule has 2 aromatic heterocycles. The Bertz CT molecular complexity index is 1380. The molecule has 0 spiro atoms. The number of carbonyl (C=O) groups is 2. The van der Waals surface area contributed by atoms with E-state index in [0.717, 1.165) is 0 Å². The highest BCUT2D eigenvalue weighted by atomic mass is 32.1. The number of thiophene rings is 1. The Morgan fingerprint density at radius 3 is 2.67 bits per heavy atom. The van der Waals surface area contributed by atoms with Gasteiger partial charge in [-0.05, 0) is 32.0 Å². The van der Waals surface area contributed by atoms with E-state index in [1.54, 1.807) is 18.7 Å². The molecule has 2 aliphatic heterocycles. The van der Waals surface area contributed by atoms with Crippen molar-refractivity contribution in [3.05, 3.63) is 53.1 Å². The van der Waals surface area contributed by atoms with Gasteiger partial charge in [-0.25, -0.2) is 4.39 Å². The van der Waals surface area contributed by atoms with Gasteiger partial charge in [0.05, 0.1) is 56.8 Å². The van der Waals surface area contributed by atoms with Crippen molar-refractivity contribution in [1.29, 1.82) is 0 Å². The Kier molecular flexibility index (Phi) is 7.29. The van der Waals surface area contributed by atoms with Crippen LogP contribution in [-0.4, -0.2) is 87.2 Å². The Morgan fingerprint density at radius 1 is 1.28 bits per heavy atom. The second kappa shape index (κ2) is 10.5. The van der Waals surface area contributed by atoms with E-state index < -0.39 is 29.7 Å². The third-order valence-corrected chi connectivity index (χ3v) is 8.30. The molecule has 1 unspecified atom stereocenters. The first-order chi connectivity index (χ1) is 18.7. The third kappa shape index (κ3) is 4.73. The van der Waals surface area contributed by atoms with E-state index in [1.165, 1.54) is 58.7 Å². The van der Waals surface area contributed by atoms with E-state index in [2.05, 4.69) is 15.5 Å². The number of hydrogen-bond acceptors (Lipinski definition) is 10. The molecule has 2 amide bonds. The van der Waals surface area contributed by atoms with Crippen LogP contribution in [0.4, 0.5) is 9.39 Å². The molecule has 5 rings (SSSR count). The van der Waals surface area contributed by atoms with Crippen LogP contribution in [0.25, 0.3) is 5.00 Å². The Hall–Kier alpha value is -3.59. The van der Waals surface area contributed by atoms with E-state index >= 15 is 0 Å². The predicted molar refractivity (Wildman–Crippen MR) is 138 cm³/mol. The normalized spacial score (nSPS) is 21.7. The summed E-state index contributed by atoms with van der Waals surface area (Å²) < 4.78 is 25.7. The molecule has 3 atom stereocenters. The molecule has 1 aromatic carbocycles. The summed E-state index contributed by atoms with van der Waals surface area (Å²) >= 11 is 1.22. The minimum Gasteiger partial charge on any atom is -0.496 e. The molecular formula is C25H29FN6O6S. The smallest absolute Gasteiger partial charge is 0.261 e. The second-order valence-electron chi connectivity index (χ2n) is 9.62. The van der Waals surface area contributed by atoms with E-state index in [1.807, 2.05) is 0 Å². The molecule has 12 nitrogen and oxygen atoms in total. The first-order valence-electron chi connectivity index (χ1n) is 12.3. The Labute approximate surface area is 227 Å². The number of hydrogen-bond donors (Lipinski definition) is 3. The van der Waals surface area contributed by atoms with Gasteiger partial charge in [0, 0.05) is 17.7 Å². The molecule has 14 heteroatoms. The molecule has 3 N–H and O–H groups in total. The van der Waals surface area contributed by atoms with Crippen molar-refractivity contribution in [2.75, 3.05) is 38.3 Å². The van der Waals surface area contributed by atoms with Gasteiger partial charge < -0.3 is 29.9 Å². The van der Waals surface area contributed by atoms with E-state index in [0.29, 0.717) is 32.4 Å². The van der Waals surface area contributed by atoms with Crippen LogP contribution in [0.2, 0.25) is 0 Å². The summed E-state index contributed by atoms with van der Waals surface area (Å²) in [6.07, 6.45) is 0.692. The molecule has 4 heterocycles. The zero-order valence-electron chi connectivity index (χ0n) is 21.6. The van der Waals surface area contributed by atoms with Gasteiger partial charge >= 0.3 is 0 Å². The lowest BCUT2D eigenvalue weighted by atomic mass is 9.95. The van der Waals surface area contributed by atoms with Crippen LogP contribution < -0.4 is 15.0 Å². The number of ether oxygens (including phenoxy) is 2. The summed E-state index contributed by atoms with van der Waals surface area (Å²) in [5, 5.41) is 33.4. The number of aliphatic hydroxyl groups is 2. The molecule has 1 fully saturated rings. The van der Waals surface area contributed by atoms with E-state index in [9.17, 15) is 24.2 Å². The molecule has 3 aromatic rings. The number of aromatic nitrogens is 3.